The summed E-state index contributed by atoms with van der Waals surface area (Å²) in [5.74, 6) is 0. The van der Waals surface area contributed by atoms with Gasteiger partial charge in [-0.3, -0.25) is 4.90 Å². The minimum absolute atomic E-state index is 0.444. The van der Waals surface area contributed by atoms with Gasteiger partial charge in [0.05, 0.1) is 0 Å². The molecule has 0 fully saturated rings. The van der Waals surface area contributed by atoms with Crippen molar-refractivity contribution in [2.45, 2.75) is 47.3 Å². The molecule has 0 aromatic heterocycles. The Morgan fingerprint density at radius 1 is 1.06 bits per heavy atom. The molecular weight excluding hydrogens is 198 g/mol. The van der Waals surface area contributed by atoms with Gasteiger partial charge in [-0.1, -0.05) is 20.8 Å². The zero-order chi connectivity index (χ0) is 12.1. The molecule has 0 aromatic rings. The van der Waals surface area contributed by atoms with Gasteiger partial charge < -0.3 is 9.80 Å². The largest absolute Gasteiger partial charge is 0.344 e. The highest BCUT2D eigenvalue weighted by molar-refractivity contribution is 5.09. The highest BCUT2D eigenvalue weighted by Gasteiger charge is 2.32. The first-order valence-corrected chi connectivity index (χ1v) is 6.70. The first-order chi connectivity index (χ1) is 7.73. The van der Waals surface area contributed by atoms with Crippen molar-refractivity contribution in [3.05, 3.63) is 11.9 Å². The van der Waals surface area contributed by atoms with Crippen LogP contribution in [0.2, 0.25) is 0 Å². The number of hydrogen-bond acceptors (Lipinski definition) is 3. The molecule has 1 aliphatic rings. The molecule has 0 saturated heterocycles. The summed E-state index contributed by atoms with van der Waals surface area (Å²) in [6.45, 7) is 15.6. The predicted molar refractivity (Wildman–Crippen MR) is 69.8 cm³/mol. The summed E-state index contributed by atoms with van der Waals surface area (Å²) in [6, 6.07) is 0. The van der Waals surface area contributed by atoms with Gasteiger partial charge in [0.15, 0.2) is 6.29 Å². The SMILES string of the molecule is CCC1=CN(CC)C(N(CC)CC)N1CC. The third-order valence-corrected chi connectivity index (χ3v) is 3.47. The van der Waals surface area contributed by atoms with Crippen molar-refractivity contribution >= 4 is 0 Å². The normalized spacial score (nSPS) is 20.9. The van der Waals surface area contributed by atoms with E-state index in [1.807, 2.05) is 0 Å². The van der Waals surface area contributed by atoms with Crippen LogP contribution in [-0.2, 0) is 0 Å². The summed E-state index contributed by atoms with van der Waals surface area (Å²) in [4.78, 5) is 7.50. The minimum atomic E-state index is 0.444. The monoisotopic (exact) mass is 225 g/mol. The molecule has 1 unspecified atom stereocenters. The summed E-state index contributed by atoms with van der Waals surface area (Å²) in [5.41, 5.74) is 1.47. The Hall–Kier alpha value is -0.700. The van der Waals surface area contributed by atoms with Crippen LogP contribution >= 0.6 is 0 Å². The average molecular weight is 225 g/mol. The molecule has 0 N–H and O–H groups in total. The van der Waals surface area contributed by atoms with Gasteiger partial charge in [-0.05, 0) is 33.4 Å². The van der Waals surface area contributed by atoms with Gasteiger partial charge in [0.25, 0.3) is 0 Å². The van der Waals surface area contributed by atoms with Crippen LogP contribution in [0.15, 0.2) is 11.9 Å². The summed E-state index contributed by atoms with van der Waals surface area (Å²) >= 11 is 0. The maximum Gasteiger partial charge on any atom is 0.159 e. The Morgan fingerprint density at radius 3 is 2.06 bits per heavy atom. The molecule has 0 amide bonds. The van der Waals surface area contributed by atoms with Gasteiger partial charge in [-0.25, -0.2) is 0 Å². The van der Waals surface area contributed by atoms with Crippen molar-refractivity contribution < 1.29 is 0 Å². The lowest BCUT2D eigenvalue weighted by Gasteiger charge is -2.40. The van der Waals surface area contributed by atoms with Crippen molar-refractivity contribution in [1.29, 1.82) is 0 Å². The third kappa shape index (κ3) is 2.34. The molecule has 0 spiro atoms. The Morgan fingerprint density at radius 2 is 1.69 bits per heavy atom. The number of hydrogen-bond donors (Lipinski definition) is 0. The maximum absolute atomic E-state index is 2.52. The molecular formula is C13H27N3. The smallest absolute Gasteiger partial charge is 0.159 e. The topological polar surface area (TPSA) is 9.72 Å². The molecule has 1 heterocycles. The fourth-order valence-corrected chi connectivity index (χ4v) is 2.53. The second-order valence-corrected chi connectivity index (χ2v) is 4.16. The molecule has 3 heteroatoms. The lowest BCUT2D eigenvalue weighted by atomic mass is 10.3. The summed E-state index contributed by atoms with van der Waals surface area (Å²) in [6.07, 6.45) is 3.91. The maximum atomic E-state index is 2.52. The molecule has 1 rings (SSSR count). The van der Waals surface area contributed by atoms with Crippen molar-refractivity contribution in [2.24, 2.45) is 0 Å². The van der Waals surface area contributed by atoms with Crippen LogP contribution in [-0.4, -0.2) is 47.2 Å². The van der Waals surface area contributed by atoms with E-state index in [4.69, 9.17) is 0 Å². The quantitative estimate of drug-likeness (QED) is 0.688. The first kappa shape index (κ1) is 13.4. The van der Waals surface area contributed by atoms with E-state index in [0.29, 0.717) is 6.29 Å². The lowest BCUT2D eigenvalue weighted by Crippen LogP contribution is -2.52. The van der Waals surface area contributed by atoms with Gasteiger partial charge >= 0.3 is 0 Å². The van der Waals surface area contributed by atoms with Gasteiger partial charge in [0.1, 0.15) is 0 Å². The molecule has 3 nitrogen and oxygen atoms in total. The summed E-state index contributed by atoms with van der Waals surface area (Å²) < 4.78 is 0. The van der Waals surface area contributed by atoms with Crippen LogP contribution in [0.1, 0.15) is 41.0 Å². The zero-order valence-electron chi connectivity index (χ0n) is 11.5. The Labute approximate surface area is 101 Å². The molecule has 0 saturated carbocycles. The van der Waals surface area contributed by atoms with E-state index in [2.05, 4.69) is 55.5 Å². The molecule has 1 atom stereocenters. The van der Waals surface area contributed by atoms with Crippen molar-refractivity contribution in [1.82, 2.24) is 14.7 Å². The predicted octanol–water partition coefficient (Wildman–Crippen LogP) is 2.52. The van der Waals surface area contributed by atoms with Gasteiger partial charge in [0.2, 0.25) is 0 Å². The van der Waals surface area contributed by atoms with Crippen LogP contribution in [0, 0.1) is 0 Å². The van der Waals surface area contributed by atoms with Crippen molar-refractivity contribution in [3.63, 3.8) is 0 Å². The Balaban J connectivity index is 2.88. The first-order valence-electron chi connectivity index (χ1n) is 6.70. The van der Waals surface area contributed by atoms with E-state index in [1.165, 1.54) is 5.70 Å². The van der Waals surface area contributed by atoms with E-state index in [9.17, 15) is 0 Å². The van der Waals surface area contributed by atoms with E-state index in [-0.39, 0.29) is 0 Å². The number of allylic oxidation sites excluding steroid dienone is 1. The van der Waals surface area contributed by atoms with Crippen molar-refractivity contribution in [2.75, 3.05) is 26.2 Å². The highest BCUT2D eigenvalue weighted by Crippen LogP contribution is 2.26. The Kier molecular flexibility index (Phi) is 5.13. The number of nitrogens with zero attached hydrogens (tertiary/aromatic N) is 3. The molecule has 94 valence electrons. The summed E-state index contributed by atoms with van der Waals surface area (Å²) in [5, 5.41) is 0. The number of rotatable bonds is 6. The van der Waals surface area contributed by atoms with Crippen LogP contribution < -0.4 is 0 Å². The van der Waals surface area contributed by atoms with Crippen LogP contribution in [0.25, 0.3) is 0 Å². The lowest BCUT2D eigenvalue weighted by molar-refractivity contribution is 0.000696. The highest BCUT2D eigenvalue weighted by atomic mass is 15.5. The fraction of sp³-hybridized carbons (Fsp3) is 0.846. The zero-order valence-corrected chi connectivity index (χ0v) is 11.5. The fourth-order valence-electron chi connectivity index (χ4n) is 2.53. The molecule has 1 aliphatic heterocycles. The van der Waals surface area contributed by atoms with Gasteiger partial charge in [-0.2, -0.15) is 0 Å². The minimum Gasteiger partial charge on any atom is -0.344 e. The second-order valence-electron chi connectivity index (χ2n) is 4.16. The standard InChI is InChI=1S/C13H27N3/c1-6-12-11-15(9-4)13(16(12)10-5)14(7-2)8-3/h11,13H,6-10H2,1-5H3. The van der Waals surface area contributed by atoms with Crippen LogP contribution in [0.3, 0.4) is 0 Å². The van der Waals surface area contributed by atoms with Crippen LogP contribution in [0.4, 0.5) is 0 Å². The molecule has 16 heavy (non-hydrogen) atoms. The van der Waals surface area contributed by atoms with E-state index >= 15 is 0 Å². The summed E-state index contributed by atoms with van der Waals surface area (Å²) in [7, 11) is 0. The average Bonchev–Trinajstić information content (AvgIpc) is 2.68. The van der Waals surface area contributed by atoms with E-state index in [0.717, 1.165) is 32.6 Å². The van der Waals surface area contributed by atoms with E-state index in [1.54, 1.807) is 0 Å². The van der Waals surface area contributed by atoms with Crippen molar-refractivity contribution in [3.8, 4) is 0 Å². The molecule has 0 bridgehead atoms. The van der Waals surface area contributed by atoms with Gasteiger partial charge in [-0.15, -0.1) is 0 Å². The molecule has 0 aromatic carbocycles. The van der Waals surface area contributed by atoms with Crippen LogP contribution in [0.5, 0.6) is 0 Å². The third-order valence-electron chi connectivity index (χ3n) is 3.47. The molecule has 0 aliphatic carbocycles. The Bertz CT molecular complexity index is 233. The van der Waals surface area contributed by atoms with E-state index < -0.39 is 0 Å². The molecule has 0 radical (unpaired) electrons. The van der Waals surface area contributed by atoms with Gasteiger partial charge in [0, 0.05) is 25.0 Å². The second kappa shape index (κ2) is 6.14.